The van der Waals surface area contributed by atoms with Crippen molar-refractivity contribution < 1.29 is 9.53 Å². The first-order valence-corrected chi connectivity index (χ1v) is 5.58. The molecule has 0 aliphatic heterocycles. The Hall–Kier alpha value is -1.85. The average molecular weight is 239 g/mol. The number of aromatic nitrogens is 2. The minimum atomic E-state index is -0.220. The zero-order chi connectivity index (χ0) is 12.5. The van der Waals surface area contributed by atoms with Gasteiger partial charge in [0, 0.05) is 25.4 Å². The van der Waals surface area contributed by atoms with Crippen LogP contribution in [-0.2, 0) is 9.53 Å². The van der Waals surface area contributed by atoms with Crippen molar-refractivity contribution >= 4 is 11.8 Å². The zero-order valence-electron chi connectivity index (χ0n) is 9.86. The molecule has 0 atom stereocenters. The van der Waals surface area contributed by atoms with E-state index in [0.29, 0.717) is 18.8 Å². The molecule has 2 N–H and O–H groups in total. The number of methoxy groups -OCH3 is 1. The first-order valence-electron chi connectivity index (χ1n) is 5.58. The topological polar surface area (TPSA) is 84.1 Å². The maximum atomic E-state index is 11.2. The van der Waals surface area contributed by atoms with E-state index < -0.39 is 0 Å². The second-order valence-corrected chi connectivity index (χ2v) is 3.58. The molecule has 0 fully saturated rings. The van der Waals surface area contributed by atoms with Crippen molar-refractivity contribution in [2.75, 3.05) is 19.0 Å². The fraction of sp³-hybridized carbons (Fsp3) is 0.545. The van der Waals surface area contributed by atoms with Crippen molar-refractivity contribution in [2.24, 2.45) is 0 Å². The number of nitrogens with zero attached hydrogens (tertiary/aromatic N) is 1. The molecule has 6 nitrogen and oxygen atoms in total. The molecule has 1 aromatic rings. The van der Waals surface area contributed by atoms with Gasteiger partial charge in [0.15, 0.2) is 5.82 Å². The number of anilines is 1. The number of esters is 1. The van der Waals surface area contributed by atoms with Crippen LogP contribution in [-0.4, -0.2) is 29.6 Å². The largest absolute Gasteiger partial charge is 0.469 e. The lowest BCUT2D eigenvalue weighted by Crippen LogP contribution is -2.16. The van der Waals surface area contributed by atoms with Crippen LogP contribution in [0, 0.1) is 0 Å². The van der Waals surface area contributed by atoms with E-state index in [-0.39, 0.29) is 11.5 Å². The van der Waals surface area contributed by atoms with E-state index in [2.05, 4.69) is 20.0 Å². The number of carbonyl (C=O) groups is 1. The van der Waals surface area contributed by atoms with Crippen molar-refractivity contribution in [3.63, 3.8) is 0 Å². The first-order chi connectivity index (χ1) is 8.24. The van der Waals surface area contributed by atoms with Crippen LogP contribution >= 0.6 is 0 Å². The predicted octanol–water partition coefficient (Wildman–Crippen LogP) is 0.915. The van der Waals surface area contributed by atoms with E-state index in [9.17, 15) is 9.59 Å². The monoisotopic (exact) mass is 239 g/mol. The van der Waals surface area contributed by atoms with Crippen molar-refractivity contribution in [1.29, 1.82) is 0 Å². The van der Waals surface area contributed by atoms with Gasteiger partial charge in [-0.05, 0) is 12.8 Å². The molecule has 0 amide bonds. The van der Waals surface area contributed by atoms with Crippen LogP contribution in [0.25, 0.3) is 0 Å². The summed E-state index contributed by atoms with van der Waals surface area (Å²) in [5, 5.41) is 2.94. The number of rotatable bonds is 7. The van der Waals surface area contributed by atoms with Gasteiger partial charge in [0.05, 0.1) is 7.11 Å². The number of ether oxygens (including phenoxy) is 1. The van der Waals surface area contributed by atoms with Gasteiger partial charge in [0.2, 0.25) is 0 Å². The molecule has 0 radical (unpaired) electrons. The standard InChI is InChI=1S/C11H17N3O3/c1-17-9(15)5-3-2-4-6-12-10-11(16)14-8-7-13-10/h7-8H,2-6H2,1H3,(H,12,13)(H,14,16). The summed E-state index contributed by atoms with van der Waals surface area (Å²) in [5.41, 5.74) is -0.220. The fourth-order valence-corrected chi connectivity index (χ4v) is 1.36. The molecule has 0 saturated heterocycles. The van der Waals surface area contributed by atoms with E-state index in [4.69, 9.17) is 0 Å². The lowest BCUT2D eigenvalue weighted by atomic mass is 10.2. The molecule has 94 valence electrons. The Bertz CT molecular complexity index is 403. The number of carbonyl (C=O) groups excluding carboxylic acids is 1. The molecular weight excluding hydrogens is 222 g/mol. The number of aromatic amines is 1. The Kier molecular flexibility index (Phi) is 5.77. The van der Waals surface area contributed by atoms with Crippen LogP contribution in [0.4, 0.5) is 5.82 Å². The molecule has 17 heavy (non-hydrogen) atoms. The molecular formula is C11H17N3O3. The molecule has 0 aliphatic rings. The Morgan fingerprint density at radius 2 is 2.29 bits per heavy atom. The summed E-state index contributed by atoms with van der Waals surface area (Å²) < 4.78 is 4.53. The highest BCUT2D eigenvalue weighted by atomic mass is 16.5. The number of hydrogen-bond acceptors (Lipinski definition) is 5. The average Bonchev–Trinajstić information content (AvgIpc) is 2.35. The second-order valence-electron chi connectivity index (χ2n) is 3.58. The van der Waals surface area contributed by atoms with Gasteiger partial charge in [-0.15, -0.1) is 0 Å². The lowest BCUT2D eigenvalue weighted by Gasteiger charge is -2.03. The van der Waals surface area contributed by atoms with E-state index in [0.717, 1.165) is 19.3 Å². The van der Waals surface area contributed by atoms with Gasteiger partial charge in [-0.3, -0.25) is 9.59 Å². The number of H-pyrrole nitrogens is 1. The Balaban J connectivity index is 2.11. The lowest BCUT2D eigenvalue weighted by molar-refractivity contribution is -0.140. The highest BCUT2D eigenvalue weighted by molar-refractivity contribution is 5.68. The normalized spacial score (nSPS) is 9.94. The Labute approximate surface area is 99.4 Å². The van der Waals surface area contributed by atoms with Gasteiger partial charge >= 0.3 is 5.97 Å². The van der Waals surface area contributed by atoms with Gasteiger partial charge in [-0.2, -0.15) is 0 Å². The zero-order valence-corrected chi connectivity index (χ0v) is 9.86. The van der Waals surface area contributed by atoms with E-state index in [1.807, 2.05) is 0 Å². The van der Waals surface area contributed by atoms with Crippen LogP contribution in [0.2, 0.25) is 0 Å². The SMILES string of the molecule is COC(=O)CCCCCNc1ncc[nH]c1=O. The van der Waals surface area contributed by atoms with Crippen molar-refractivity contribution in [3.8, 4) is 0 Å². The molecule has 0 spiro atoms. The van der Waals surface area contributed by atoms with Gasteiger partial charge in [0.1, 0.15) is 0 Å². The van der Waals surface area contributed by atoms with E-state index in [1.54, 1.807) is 0 Å². The summed E-state index contributed by atoms with van der Waals surface area (Å²) in [6.07, 6.45) is 6.05. The fourth-order valence-electron chi connectivity index (χ4n) is 1.36. The molecule has 0 saturated carbocycles. The summed E-state index contributed by atoms with van der Waals surface area (Å²) in [4.78, 5) is 28.5. The first kappa shape index (κ1) is 13.2. The smallest absolute Gasteiger partial charge is 0.305 e. The third kappa shape index (κ3) is 5.14. The molecule has 0 bridgehead atoms. The third-order valence-corrected chi connectivity index (χ3v) is 2.29. The Morgan fingerprint density at radius 3 is 3.00 bits per heavy atom. The van der Waals surface area contributed by atoms with Crippen molar-refractivity contribution in [3.05, 3.63) is 22.7 Å². The van der Waals surface area contributed by atoms with E-state index >= 15 is 0 Å². The predicted molar refractivity (Wildman–Crippen MR) is 63.8 cm³/mol. The van der Waals surface area contributed by atoms with Crippen LogP contribution in [0.15, 0.2) is 17.2 Å². The highest BCUT2D eigenvalue weighted by Gasteiger charge is 2.00. The Morgan fingerprint density at radius 1 is 1.47 bits per heavy atom. The molecule has 0 aliphatic carbocycles. The summed E-state index contributed by atoms with van der Waals surface area (Å²) in [6, 6.07) is 0. The highest BCUT2D eigenvalue weighted by Crippen LogP contribution is 2.01. The summed E-state index contributed by atoms with van der Waals surface area (Å²) >= 11 is 0. The molecule has 1 heterocycles. The van der Waals surface area contributed by atoms with Crippen LogP contribution in [0.3, 0.4) is 0 Å². The van der Waals surface area contributed by atoms with Gasteiger partial charge in [0.25, 0.3) is 5.56 Å². The van der Waals surface area contributed by atoms with Gasteiger partial charge in [-0.25, -0.2) is 4.98 Å². The van der Waals surface area contributed by atoms with Crippen LogP contribution < -0.4 is 10.9 Å². The number of hydrogen-bond donors (Lipinski definition) is 2. The number of unbranched alkanes of at least 4 members (excludes halogenated alkanes) is 2. The number of nitrogens with one attached hydrogen (secondary N) is 2. The minimum absolute atomic E-state index is 0.181. The molecule has 1 aromatic heterocycles. The van der Waals surface area contributed by atoms with Crippen LogP contribution in [0.1, 0.15) is 25.7 Å². The third-order valence-electron chi connectivity index (χ3n) is 2.29. The maximum absolute atomic E-state index is 11.2. The minimum Gasteiger partial charge on any atom is -0.469 e. The van der Waals surface area contributed by atoms with Gasteiger partial charge < -0.3 is 15.0 Å². The second kappa shape index (κ2) is 7.43. The molecule has 0 aromatic carbocycles. The summed E-state index contributed by atoms with van der Waals surface area (Å²) in [7, 11) is 1.39. The quantitative estimate of drug-likeness (QED) is 0.546. The molecule has 1 rings (SSSR count). The van der Waals surface area contributed by atoms with Crippen molar-refractivity contribution in [1.82, 2.24) is 9.97 Å². The summed E-state index contributed by atoms with van der Waals surface area (Å²) in [5.74, 6) is 0.152. The van der Waals surface area contributed by atoms with Gasteiger partial charge in [-0.1, -0.05) is 6.42 Å². The molecule has 0 unspecified atom stereocenters. The van der Waals surface area contributed by atoms with E-state index in [1.165, 1.54) is 19.5 Å². The maximum Gasteiger partial charge on any atom is 0.305 e. The summed E-state index contributed by atoms with van der Waals surface area (Å²) in [6.45, 7) is 0.668. The van der Waals surface area contributed by atoms with Crippen molar-refractivity contribution in [2.45, 2.75) is 25.7 Å². The van der Waals surface area contributed by atoms with Crippen LogP contribution in [0.5, 0.6) is 0 Å². The molecule has 6 heteroatoms.